The molecule has 0 aromatic heterocycles. The summed E-state index contributed by atoms with van der Waals surface area (Å²) in [7, 11) is -7.59. The first kappa shape index (κ1) is 20.5. The fourth-order valence-electron chi connectivity index (χ4n) is 2.71. The van der Waals surface area contributed by atoms with Crippen molar-refractivity contribution in [3.8, 4) is 0 Å². The van der Waals surface area contributed by atoms with Crippen LogP contribution in [-0.4, -0.2) is 53.2 Å². The highest BCUT2D eigenvalue weighted by atomic mass is 32.2. The Labute approximate surface area is 164 Å². The molecule has 0 aliphatic carbocycles. The Morgan fingerprint density at radius 2 is 1.43 bits per heavy atom. The molecule has 10 heteroatoms. The SMILES string of the molecule is CC(=O)c1ccc(NS(=O)(=O)c2ccc(S(=O)(=O)N3CCOCC3)cc2)cc1. The average molecular weight is 425 g/mol. The molecular formula is C18H20N2O6S2. The first-order valence-corrected chi connectivity index (χ1v) is 11.4. The van der Waals surface area contributed by atoms with Gasteiger partial charge in [0, 0.05) is 24.3 Å². The van der Waals surface area contributed by atoms with E-state index in [2.05, 4.69) is 4.72 Å². The molecule has 1 aliphatic rings. The molecule has 0 bridgehead atoms. The monoisotopic (exact) mass is 424 g/mol. The second-order valence-corrected chi connectivity index (χ2v) is 9.85. The molecule has 3 rings (SSSR count). The minimum absolute atomic E-state index is 0.0270. The van der Waals surface area contributed by atoms with Gasteiger partial charge in [-0.05, 0) is 55.5 Å². The van der Waals surface area contributed by atoms with E-state index < -0.39 is 20.0 Å². The summed E-state index contributed by atoms with van der Waals surface area (Å²) in [6.07, 6.45) is 0. The van der Waals surface area contributed by atoms with Crippen LogP contribution in [0.15, 0.2) is 58.3 Å². The predicted octanol–water partition coefficient (Wildman–Crippen LogP) is 1.71. The molecule has 8 nitrogen and oxygen atoms in total. The summed E-state index contributed by atoms with van der Waals surface area (Å²) in [6, 6.07) is 11.1. The molecule has 0 radical (unpaired) electrons. The van der Waals surface area contributed by atoms with Crippen molar-refractivity contribution in [2.45, 2.75) is 16.7 Å². The van der Waals surface area contributed by atoms with E-state index in [9.17, 15) is 21.6 Å². The number of morpholine rings is 1. The van der Waals surface area contributed by atoms with E-state index in [1.807, 2.05) is 0 Å². The summed E-state index contributed by atoms with van der Waals surface area (Å²) in [6.45, 7) is 2.61. The van der Waals surface area contributed by atoms with E-state index >= 15 is 0 Å². The molecule has 28 heavy (non-hydrogen) atoms. The molecule has 2 aromatic rings. The topological polar surface area (TPSA) is 110 Å². The van der Waals surface area contributed by atoms with Crippen LogP contribution in [0.3, 0.4) is 0 Å². The lowest BCUT2D eigenvalue weighted by Crippen LogP contribution is -2.40. The van der Waals surface area contributed by atoms with Gasteiger partial charge in [-0.15, -0.1) is 0 Å². The summed E-state index contributed by atoms with van der Waals surface area (Å²) in [5, 5.41) is 0. The molecule has 0 spiro atoms. The van der Waals surface area contributed by atoms with E-state index in [1.165, 1.54) is 59.8 Å². The second kappa shape index (κ2) is 8.00. The van der Waals surface area contributed by atoms with Crippen LogP contribution in [0.25, 0.3) is 0 Å². The van der Waals surface area contributed by atoms with E-state index in [-0.39, 0.29) is 28.7 Å². The van der Waals surface area contributed by atoms with Gasteiger partial charge in [0.2, 0.25) is 10.0 Å². The van der Waals surface area contributed by atoms with Crippen molar-refractivity contribution in [1.82, 2.24) is 4.31 Å². The Kier molecular flexibility index (Phi) is 5.84. The quantitative estimate of drug-likeness (QED) is 0.707. The standard InChI is InChI=1S/C18H20N2O6S2/c1-14(21)15-2-4-16(5-3-15)19-27(22,23)17-6-8-18(9-7-17)28(24,25)20-10-12-26-13-11-20/h2-9,19H,10-13H2,1H3. The third-order valence-electron chi connectivity index (χ3n) is 4.29. The van der Waals surface area contributed by atoms with Gasteiger partial charge in [0.1, 0.15) is 0 Å². The smallest absolute Gasteiger partial charge is 0.261 e. The normalized spacial score (nSPS) is 15.9. The second-order valence-electron chi connectivity index (χ2n) is 6.23. The average Bonchev–Trinajstić information content (AvgIpc) is 2.69. The van der Waals surface area contributed by atoms with Crippen LogP contribution in [-0.2, 0) is 24.8 Å². The fourth-order valence-corrected chi connectivity index (χ4v) is 5.18. The molecule has 1 aliphatic heterocycles. The number of ether oxygens (including phenoxy) is 1. The van der Waals surface area contributed by atoms with E-state index in [1.54, 1.807) is 0 Å². The molecule has 0 atom stereocenters. The van der Waals surface area contributed by atoms with Crippen molar-refractivity contribution in [3.63, 3.8) is 0 Å². The first-order valence-electron chi connectivity index (χ1n) is 8.52. The van der Waals surface area contributed by atoms with Gasteiger partial charge >= 0.3 is 0 Å². The maximum Gasteiger partial charge on any atom is 0.261 e. The summed E-state index contributed by atoms with van der Waals surface area (Å²) in [5.41, 5.74) is 0.774. The zero-order chi connectivity index (χ0) is 20.4. The van der Waals surface area contributed by atoms with Crippen LogP contribution in [0.1, 0.15) is 17.3 Å². The Hall–Kier alpha value is -2.27. The maximum atomic E-state index is 12.6. The molecule has 150 valence electrons. The van der Waals surface area contributed by atoms with Gasteiger partial charge in [-0.1, -0.05) is 0 Å². The Balaban J connectivity index is 1.78. The van der Waals surface area contributed by atoms with Crippen LogP contribution in [0.2, 0.25) is 0 Å². The highest BCUT2D eigenvalue weighted by Crippen LogP contribution is 2.21. The number of Topliss-reactive ketones (excluding diaryl/α,β-unsaturated/α-hetero) is 1. The molecule has 0 amide bonds. The van der Waals surface area contributed by atoms with E-state index in [0.29, 0.717) is 24.5 Å². The molecule has 1 fully saturated rings. The van der Waals surface area contributed by atoms with Gasteiger partial charge in [0.25, 0.3) is 10.0 Å². The lowest BCUT2D eigenvalue weighted by molar-refractivity contribution is 0.0730. The van der Waals surface area contributed by atoms with Gasteiger partial charge in [0.15, 0.2) is 5.78 Å². The number of nitrogens with one attached hydrogen (secondary N) is 1. The molecule has 1 saturated heterocycles. The van der Waals surface area contributed by atoms with Gasteiger partial charge in [-0.2, -0.15) is 4.31 Å². The third kappa shape index (κ3) is 4.41. The Morgan fingerprint density at radius 3 is 1.96 bits per heavy atom. The molecule has 1 heterocycles. The number of benzene rings is 2. The molecular weight excluding hydrogens is 404 g/mol. The summed E-state index contributed by atoms with van der Waals surface area (Å²) in [5.74, 6) is -0.119. The van der Waals surface area contributed by atoms with Crippen LogP contribution < -0.4 is 4.72 Å². The van der Waals surface area contributed by atoms with Gasteiger partial charge in [-0.25, -0.2) is 16.8 Å². The van der Waals surface area contributed by atoms with Crippen LogP contribution >= 0.6 is 0 Å². The largest absolute Gasteiger partial charge is 0.379 e. The molecule has 0 unspecified atom stereocenters. The number of nitrogens with zero attached hydrogens (tertiary/aromatic N) is 1. The van der Waals surface area contributed by atoms with Gasteiger partial charge < -0.3 is 4.74 Å². The fraction of sp³-hybridized carbons (Fsp3) is 0.278. The van der Waals surface area contributed by atoms with Crippen molar-refractivity contribution < 1.29 is 26.4 Å². The number of carbonyl (C=O) groups excluding carboxylic acids is 1. The zero-order valence-corrected chi connectivity index (χ0v) is 16.8. The highest BCUT2D eigenvalue weighted by molar-refractivity contribution is 7.92. The van der Waals surface area contributed by atoms with E-state index in [0.717, 1.165) is 0 Å². The number of rotatable bonds is 6. The predicted molar refractivity (Wildman–Crippen MR) is 103 cm³/mol. The lowest BCUT2D eigenvalue weighted by atomic mass is 10.1. The van der Waals surface area contributed by atoms with Crippen LogP contribution in [0.4, 0.5) is 5.69 Å². The molecule has 2 aromatic carbocycles. The van der Waals surface area contributed by atoms with Crippen LogP contribution in [0, 0.1) is 0 Å². The minimum atomic E-state index is -3.90. The number of hydrogen-bond donors (Lipinski definition) is 1. The third-order valence-corrected chi connectivity index (χ3v) is 7.60. The Bertz CT molecular complexity index is 1060. The van der Waals surface area contributed by atoms with E-state index in [4.69, 9.17) is 4.74 Å². The number of carbonyl (C=O) groups is 1. The van der Waals surface area contributed by atoms with Crippen molar-refractivity contribution in [2.75, 3.05) is 31.0 Å². The Morgan fingerprint density at radius 1 is 0.893 bits per heavy atom. The maximum absolute atomic E-state index is 12.6. The number of hydrogen-bond acceptors (Lipinski definition) is 6. The van der Waals surface area contributed by atoms with Gasteiger partial charge in [-0.3, -0.25) is 9.52 Å². The van der Waals surface area contributed by atoms with Crippen molar-refractivity contribution in [3.05, 3.63) is 54.1 Å². The zero-order valence-electron chi connectivity index (χ0n) is 15.2. The number of ketones is 1. The summed E-state index contributed by atoms with van der Waals surface area (Å²) >= 11 is 0. The van der Waals surface area contributed by atoms with Crippen molar-refractivity contribution in [2.24, 2.45) is 0 Å². The van der Waals surface area contributed by atoms with Crippen molar-refractivity contribution in [1.29, 1.82) is 0 Å². The number of anilines is 1. The van der Waals surface area contributed by atoms with Gasteiger partial charge in [0.05, 0.1) is 23.0 Å². The molecule has 0 saturated carbocycles. The molecule has 1 N–H and O–H groups in total. The van der Waals surface area contributed by atoms with Crippen LogP contribution in [0.5, 0.6) is 0 Å². The first-order chi connectivity index (χ1) is 13.2. The minimum Gasteiger partial charge on any atom is -0.379 e. The summed E-state index contributed by atoms with van der Waals surface area (Å²) < 4.78 is 59.1. The lowest BCUT2D eigenvalue weighted by Gasteiger charge is -2.26. The highest BCUT2D eigenvalue weighted by Gasteiger charge is 2.26. The number of sulfonamides is 2. The van der Waals surface area contributed by atoms with Crippen molar-refractivity contribution >= 4 is 31.5 Å². The summed E-state index contributed by atoms with van der Waals surface area (Å²) in [4.78, 5) is 11.3.